The van der Waals surface area contributed by atoms with Gasteiger partial charge in [0.2, 0.25) is 0 Å². The van der Waals surface area contributed by atoms with Crippen LogP contribution in [-0.2, 0) is 12.6 Å². The van der Waals surface area contributed by atoms with Crippen molar-refractivity contribution in [1.29, 1.82) is 0 Å². The maximum absolute atomic E-state index is 12.1. The molecule has 0 aliphatic carbocycles. The van der Waals surface area contributed by atoms with Gasteiger partial charge in [-0.2, -0.15) is 13.2 Å². The molecule has 1 aromatic rings. The first kappa shape index (κ1) is 10.1. The smallest absolute Gasteiger partial charge is 0.166 e. The van der Waals surface area contributed by atoms with Gasteiger partial charge in [-0.3, -0.25) is 0 Å². The fourth-order valence-corrected chi connectivity index (χ4v) is 1.08. The highest BCUT2D eigenvalue weighted by Crippen LogP contribution is 2.28. The summed E-state index contributed by atoms with van der Waals surface area (Å²) >= 11 is 0. The lowest BCUT2D eigenvalue weighted by Crippen LogP contribution is -2.04. The molecule has 0 saturated carbocycles. The first-order valence-corrected chi connectivity index (χ1v) is 4.12. The quantitative estimate of drug-likeness (QED) is 0.665. The normalized spacial score (nSPS) is 11.7. The molecule has 0 spiro atoms. The number of alkyl halides is 3. The minimum atomic E-state index is -4.27. The van der Waals surface area contributed by atoms with Crippen molar-refractivity contribution in [1.82, 2.24) is 0 Å². The summed E-state index contributed by atoms with van der Waals surface area (Å²) in [5.74, 6) is 0. The van der Waals surface area contributed by atoms with Crippen LogP contribution in [0.3, 0.4) is 0 Å². The summed E-state index contributed by atoms with van der Waals surface area (Å²) in [7, 11) is 0. The third-order valence-corrected chi connectivity index (χ3v) is 1.72. The number of hydrogen-bond acceptors (Lipinski definition) is 0. The van der Waals surface area contributed by atoms with Crippen molar-refractivity contribution in [2.75, 3.05) is 0 Å². The van der Waals surface area contributed by atoms with Gasteiger partial charge in [0.05, 0.1) is 5.56 Å². The highest BCUT2D eigenvalue weighted by molar-refractivity contribution is 5.23. The second-order valence-electron chi connectivity index (χ2n) is 2.86. The van der Waals surface area contributed by atoms with Gasteiger partial charge in [0.1, 0.15) is 0 Å². The third-order valence-electron chi connectivity index (χ3n) is 1.72. The summed E-state index contributed by atoms with van der Waals surface area (Å²) < 4.78 is 36.2. The van der Waals surface area contributed by atoms with Gasteiger partial charge in [0.15, 0.2) is 0 Å². The Kier molecular flexibility index (Phi) is 2.96. The molecule has 3 heteroatoms. The van der Waals surface area contributed by atoms with Crippen LogP contribution in [0.1, 0.15) is 24.5 Å². The zero-order chi connectivity index (χ0) is 9.90. The van der Waals surface area contributed by atoms with Gasteiger partial charge in [0, 0.05) is 0 Å². The van der Waals surface area contributed by atoms with Crippen LogP contribution in [-0.4, -0.2) is 0 Å². The molecule has 0 nitrogen and oxygen atoms in total. The van der Waals surface area contributed by atoms with E-state index in [0.717, 1.165) is 24.5 Å². The van der Waals surface area contributed by atoms with E-state index in [9.17, 15) is 13.2 Å². The second kappa shape index (κ2) is 3.81. The molecule has 0 N–H and O–H groups in total. The van der Waals surface area contributed by atoms with E-state index in [0.29, 0.717) is 0 Å². The van der Waals surface area contributed by atoms with E-state index in [1.165, 1.54) is 12.1 Å². The average molecular weight is 187 g/mol. The lowest BCUT2D eigenvalue weighted by molar-refractivity contribution is -0.137. The van der Waals surface area contributed by atoms with Crippen molar-refractivity contribution in [2.24, 2.45) is 0 Å². The monoisotopic (exact) mass is 187 g/mol. The molecule has 71 valence electrons. The summed E-state index contributed by atoms with van der Waals surface area (Å²) in [4.78, 5) is 0. The second-order valence-corrected chi connectivity index (χ2v) is 2.86. The van der Waals surface area contributed by atoms with Crippen molar-refractivity contribution in [3.05, 3.63) is 35.4 Å². The van der Waals surface area contributed by atoms with Gasteiger partial charge in [-0.1, -0.05) is 25.5 Å². The number of aryl methyl sites for hydroxylation is 1. The van der Waals surface area contributed by atoms with E-state index >= 15 is 0 Å². The van der Waals surface area contributed by atoms with E-state index in [-0.39, 0.29) is 0 Å². The Labute approximate surface area is 75.4 Å². The van der Waals surface area contributed by atoms with Gasteiger partial charge >= 0.3 is 6.18 Å². The summed E-state index contributed by atoms with van der Waals surface area (Å²) in [5, 5.41) is 0. The average Bonchev–Trinajstić information content (AvgIpc) is 2.04. The molecule has 0 amide bonds. The Balaban J connectivity index is 2.81. The summed E-state index contributed by atoms with van der Waals surface area (Å²) in [6.07, 6.45) is -2.54. The zero-order valence-electron chi connectivity index (χ0n) is 7.28. The highest BCUT2D eigenvalue weighted by atomic mass is 19.4. The van der Waals surface area contributed by atoms with Crippen LogP contribution in [0.4, 0.5) is 13.2 Å². The van der Waals surface area contributed by atoms with Gasteiger partial charge in [-0.25, -0.2) is 0 Å². The molecule has 0 unspecified atom stereocenters. The maximum Gasteiger partial charge on any atom is 0.417 e. The van der Waals surface area contributed by atoms with Crippen LogP contribution >= 0.6 is 0 Å². The van der Waals surface area contributed by atoms with E-state index < -0.39 is 11.7 Å². The molecular weight excluding hydrogens is 177 g/mol. The van der Waals surface area contributed by atoms with Crippen molar-refractivity contribution < 1.29 is 13.2 Å². The van der Waals surface area contributed by atoms with Crippen LogP contribution in [0.25, 0.3) is 0 Å². The standard InChI is InChI=1S/C10H10F3/c1-2-3-8-4-6-9(7-5-8)10(11,12)13/h4-6H,2-3H2,1H3. The Morgan fingerprint density at radius 2 is 2.00 bits per heavy atom. The predicted molar refractivity (Wildman–Crippen MR) is 44.3 cm³/mol. The maximum atomic E-state index is 12.1. The first-order chi connectivity index (χ1) is 6.04. The fourth-order valence-electron chi connectivity index (χ4n) is 1.08. The fraction of sp³-hybridized carbons (Fsp3) is 0.400. The number of halogens is 3. The number of hydrogen-bond donors (Lipinski definition) is 0. The molecule has 1 aromatic carbocycles. The number of rotatable bonds is 2. The topological polar surface area (TPSA) is 0 Å². The Morgan fingerprint density at radius 1 is 1.31 bits per heavy atom. The molecule has 0 aliphatic heterocycles. The van der Waals surface area contributed by atoms with Crippen molar-refractivity contribution in [2.45, 2.75) is 25.9 Å². The van der Waals surface area contributed by atoms with E-state index in [4.69, 9.17) is 0 Å². The predicted octanol–water partition coefficient (Wildman–Crippen LogP) is 3.46. The van der Waals surface area contributed by atoms with E-state index in [1.54, 1.807) is 0 Å². The molecule has 0 saturated heterocycles. The Morgan fingerprint density at radius 3 is 2.38 bits per heavy atom. The summed E-state index contributed by atoms with van der Waals surface area (Å²) in [5.41, 5.74) is 0.197. The SMILES string of the molecule is CCCc1c[c]c(C(F)(F)F)cc1. The number of benzene rings is 1. The third kappa shape index (κ3) is 2.76. The van der Waals surface area contributed by atoms with Gasteiger partial charge in [-0.15, -0.1) is 0 Å². The molecule has 0 atom stereocenters. The Bertz CT molecular complexity index is 258. The minimum absolute atomic E-state index is 0.702. The lowest BCUT2D eigenvalue weighted by atomic mass is 10.1. The highest BCUT2D eigenvalue weighted by Gasteiger charge is 2.30. The Hall–Kier alpha value is -0.990. The molecule has 0 heterocycles. The van der Waals surface area contributed by atoms with Crippen LogP contribution in [0.2, 0.25) is 0 Å². The molecule has 0 aromatic heterocycles. The van der Waals surface area contributed by atoms with Crippen LogP contribution in [0.5, 0.6) is 0 Å². The molecule has 13 heavy (non-hydrogen) atoms. The lowest BCUT2D eigenvalue weighted by Gasteiger charge is -2.06. The van der Waals surface area contributed by atoms with Gasteiger partial charge < -0.3 is 0 Å². The summed E-state index contributed by atoms with van der Waals surface area (Å²) in [6.45, 7) is 1.98. The first-order valence-electron chi connectivity index (χ1n) is 4.12. The van der Waals surface area contributed by atoms with Crippen molar-refractivity contribution in [3.8, 4) is 0 Å². The molecular formula is C10H10F3. The van der Waals surface area contributed by atoms with Gasteiger partial charge in [-0.05, 0) is 24.1 Å². The molecule has 1 rings (SSSR count). The van der Waals surface area contributed by atoms with Crippen molar-refractivity contribution >= 4 is 0 Å². The molecule has 0 aliphatic rings. The molecule has 0 bridgehead atoms. The van der Waals surface area contributed by atoms with Gasteiger partial charge in [0.25, 0.3) is 0 Å². The largest absolute Gasteiger partial charge is 0.417 e. The molecule has 1 radical (unpaired) electrons. The van der Waals surface area contributed by atoms with Crippen LogP contribution in [0.15, 0.2) is 18.2 Å². The molecule has 0 fully saturated rings. The van der Waals surface area contributed by atoms with E-state index in [1.807, 2.05) is 6.92 Å². The zero-order valence-corrected chi connectivity index (χ0v) is 7.28. The van der Waals surface area contributed by atoms with Crippen LogP contribution in [0, 0.1) is 6.07 Å². The minimum Gasteiger partial charge on any atom is -0.166 e. The van der Waals surface area contributed by atoms with E-state index in [2.05, 4.69) is 6.07 Å². The van der Waals surface area contributed by atoms with Crippen molar-refractivity contribution in [3.63, 3.8) is 0 Å². The van der Waals surface area contributed by atoms with Crippen LogP contribution < -0.4 is 0 Å². The summed E-state index contributed by atoms with van der Waals surface area (Å²) in [6, 6.07) is 6.22.